The molecule has 0 saturated carbocycles. The molecular formula is C12H9F4NO3S. The normalized spacial score (nSPS) is 18.9. The molecule has 1 aromatic carbocycles. The first-order valence-corrected chi connectivity index (χ1v) is 6.85. The fourth-order valence-electron chi connectivity index (χ4n) is 1.89. The number of benzene rings is 1. The van der Waals surface area contributed by atoms with E-state index in [4.69, 9.17) is 5.11 Å². The van der Waals surface area contributed by atoms with Gasteiger partial charge in [0.05, 0.1) is 11.4 Å². The molecule has 0 spiro atoms. The molecule has 21 heavy (non-hydrogen) atoms. The van der Waals surface area contributed by atoms with Crippen LogP contribution in [0.2, 0.25) is 0 Å². The van der Waals surface area contributed by atoms with Crippen LogP contribution in [0.25, 0.3) is 0 Å². The van der Waals surface area contributed by atoms with Gasteiger partial charge in [0.2, 0.25) is 0 Å². The van der Waals surface area contributed by atoms with Crippen LogP contribution >= 0.6 is 11.8 Å². The second-order valence-corrected chi connectivity index (χ2v) is 5.32. The minimum absolute atomic E-state index is 0.0640. The number of nitrogens with zero attached hydrogens (tertiary/aromatic N) is 1. The zero-order valence-corrected chi connectivity index (χ0v) is 11.2. The lowest BCUT2D eigenvalue weighted by molar-refractivity contribution is -0.141. The second kappa shape index (κ2) is 5.55. The van der Waals surface area contributed by atoms with Crippen molar-refractivity contribution < 1.29 is 32.3 Å². The largest absolute Gasteiger partial charge is 0.480 e. The molecule has 1 aromatic rings. The van der Waals surface area contributed by atoms with Crippen molar-refractivity contribution in [3.05, 3.63) is 35.1 Å². The van der Waals surface area contributed by atoms with Crippen molar-refractivity contribution in [2.75, 3.05) is 11.6 Å². The summed E-state index contributed by atoms with van der Waals surface area (Å²) < 4.78 is 51.0. The van der Waals surface area contributed by atoms with Gasteiger partial charge in [-0.1, -0.05) is 0 Å². The van der Waals surface area contributed by atoms with E-state index in [1.807, 2.05) is 0 Å². The molecule has 0 aliphatic carbocycles. The highest BCUT2D eigenvalue weighted by Crippen LogP contribution is 2.32. The summed E-state index contributed by atoms with van der Waals surface area (Å²) >= 11 is 1.18. The minimum atomic E-state index is -4.92. The third kappa shape index (κ3) is 3.12. The lowest BCUT2D eigenvalue weighted by Gasteiger charge is -2.21. The van der Waals surface area contributed by atoms with Crippen molar-refractivity contribution >= 4 is 23.6 Å². The van der Waals surface area contributed by atoms with Gasteiger partial charge in [-0.2, -0.15) is 13.2 Å². The number of halogens is 4. The molecule has 0 bridgehead atoms. The summed E-state index contributed by atoms with van der Waals surface area (Å²) in [6, 6.07) is 0.769. The van der Waals surface area contributed by atoms with Crippen LogP contribution in [-0.4, -0.2) is 39.6 Å². The number of carboxylic acid groups (broad SMARTS) is 1. The molecule has 9 heteroatoms. The van der Waals surface area contributed by atoms with Gasteiger partial charge in [-0.25, -0.2) is 9.18 Å². The van der Waals surface area contributed by atoms with E-state index in [2.05, 4.69) is 0 Å². The van der Waals surface area contributed by atoms with Crippen molar-refractivity contribution in [2.24, 2.45) is 0 Å². The maximum Gasteiger partial charge on any atom is 0.419 e. The number of aliphatic carboxylic acids is 1. The Balaban J connectivity index is 2.34. The van der Waals surface area contributed by atoms with E-state index in [9.17, 15) is 27.2 Å². The van der Waals surface area contributed by atoms with Crippen molar-refractivity contribution in [2.45, 2.75) is 12.2 Å². The number of carboxylic acids is 1. The van der Waals surface area contributed by atoms with Crippen LogP contribution in [0.1, 0.15) is 15.9 Å². The Morgan fingerprint density at radius 1 is 1.33 bits per heavy atom. The fraction of sp³-hybridized carbons (Fsp3) is 0.333. The van der Waals surface area contributed by atoms with Crippen LogP contribution in [0, 0.1) is 5.82 Å². The number of thioether (sulfide) groups is 1. The lowest BCUT2D eigenvalue weighted by Crippen LogP contribution is -2.41. The Morgan fingerprint density at radius 3 is 2.57 bits per heavy atom. The highest BCUT2D eigenvalue weighted by molar-refractivity contribution is 7.99. The second-order valence-electron chi connectivity index (χ2n) is 4.32. The van der Waals surface area contributed by atoms with Crippen molar-refractivity contribution in [1.82, 2.24) is 4.90 Å². The summed E-state index contributed by atoms with van der Waals surface area (Å²) in [6.45, 7) is 0. The van der Waals surface area contributed by atoms with E-state index in [0.29, 0.717) is 12.1 Å². The molecular weight excluding hydrogens is 314 g/mol. The smallest absolute Gasteiger partial charge is 0.419 e. The van der Waals surface area contributed by atoms with E-state index in [1.54, 1.807) is 0 Å². The molecule has 2 rings (SSSR count). The first kappa shape index (κ1) is 15.6. The molecule has 1 aliphatic heterocycles. The predicted molar refractivity (Wildman–Crippen MR) is 66.3 cm³/mol. The Bertz CT molecular complexity index is 590. The van der Waals surface area contributed by atoms with Crippen LogP contribution in [0.4, 0.5) is 17.6 Å². The van der Waals surface area contributed by atoms with Crippen molar-refractivity contribution in [3.8, 4) is 0 Å². The van der Waals surface area contributed by atoms with Gasteiger partial charge in [-0.15, -0.1) is 11.8 Å². The molecule has 1 amide bonds. The van der Waals surface area contributed by atoms with Gasteiger partial charge in [-0.05, 0) is 18.2 Å². The highest BCUT2D eigenvalue weighted by atomic mass is 32.2. The molecule has 4 nitrogen and oxygen atoms in total. The Hall–Kier alpha value is -1.77. The molecule has 114 valence electrons. The SMILES string of the molecule is O=C(O)C1CSCN1C(=O)c1ccc(F)c(C(F)(F)F)c1. The number of hydrogen-bond donors (Lipinski definition) is 1. The topological polar surface area (TPSA) is 57.6 Å². The standard InChI is InChI=1S/C12H9F4NO3S/c13-8-2-1-6(3-7(8)12(14,15)16)10(18)17-5-21-4-9(17)11(19)20/h1-3,9H,4-5H2,(H,19,20). The van der Waals surface area contributed by atoms with Crippen LogP contribution in [0.5, 0.6) is 0 Å². The molecule has 1 unspecified atom stereocenters. The number of amides is 1. The Kier molecular flexibility index (Phi) is 4.13. The van der Waals surface area contributed by atoms with E-state index in [-0.39, 0.29) is 11.6 Å². The number of carbonyl (C=O) groups is 2. The van der Waals surface area contributed by atoms with Crippen molar-refractivity contribution in [3.63, 3.8) is 0 Å². The zero-order chi connectivity index (χ0) is 15.8. The zero-order valence-electron chi connectivity index (χ0n) is 10.4. The fourth-order valence-corrected chi connectivity index (χ4v) is 3.03. The number of hydrogen-bond acceptors (Lipinski definition) is 3. The molecule has 1 fully saturated rings. The maximum absolute atomic E-state index is 13.2. The van der Waals surface area contributed by atoms with Crippen molar-refractivity contribution in [1.29, 1.82) is 0 Å². The van der Waals surface area contributed by atoms with Crippen LogP contribution in [-0.2, 0) is 11.0 Å². The number of carbonyl (C=O) groups excluding carboxylic acids is 1. The molecule has 1 heterocycles. The van der Waals surface area contributed by atoms with Gasteiger partial charge in [0.25, 0.3) is 5.91 Å². The summed E-state index contributed by atoms with van der Waals surface area (Å²) in [5, 5.41) is 8.96. The third-order valence-corrected chi connectivity index (χ3v) is 3.96. The molecule has 1 atom stereocenters. The van der Waals surface area contributed by atoms with Crippen LogP contribution in [0.3, 0.4) is 0 Å². The first-order valence-electron chi connectivity index (χ1n) is 5.70. The molecule has 1 N–H and O–H groups in total. The highest BCUT2D eigenvalue weighted by Gasteiger charge is 2.38. The van der Waals surface area contributed by atoms with E-state index < -0.39 is 41.0 Å². The molecule has 1 aliphatic rings. The third-order valence-electron chi connectivity index (χ3n) is 2.95. The Morgan fingerprint density at radius 2 is 2.00 bits per heavy atom. The average Bonchev–Trinajstić information content (AvgIpc) is 2.86. The summed E-state index contributed by atoms with van der Waals surface area (Å²) in [7, 11) is 0. The van der Waals surface area contributed by atoms with E-state index >= 15 is 0 Å². The van der Waals surface area contributed by atoms with Crippen LogP contribution < -0.4 is 0 Å². The summed E-state index contributed by atoms with van der Waals surface area (Å²) in [6.07, 6.45) is -4.92. The van der Waals surface area contributed by atoms with E-state index in [0.717, 1.165) is 11.0 Å². The number of alkyl halides is 3. The van der Waals surface area contributed by atoms with Gasteiger partial charge in [0.15, 0.2) is 0 Å². The molecule has 0 aromatic heterocycles. The minimum Gasteiger partial charge on any atom is -0.480 e. The average molecular weight is 323 g/mol. The quantitative estimate of drug-likeness (QED) is 0.850. The monoisotopic (exact) mass is 323 g/mol. The summed E-state index contributed by atoms with van der Waals surface area (Å²) in [4.78, 5) is 24.1. The van der Waals surface area contributed by atoms with Gasteiger partial charge < -0.3 is 10.0 Å². The molecule has 0 radical (unpaired) electrons. The van der Waals surface area contributed by atoms with Gasteiger partial charge >= 0.3 is 12.1 Å². The summed E-state index contributed by atoms with van der Waals surface area (Å²) in [5.74, 6) is -3.35. The van der Waals surface area contributed by atoms with Gasteiger partial charge in [-0.3, -0.25) is 4.79 Å². The predicted octanol–water partition coefficient (Wildman–Crippen LogP) is 2.44. The summed E-state index contributed by atoms with van der Waals surface area (Å²) in [5.41, 5.74) is -1.94. The van der Waals surface area contributed by atoms with Gasteiger partial charge in [0, 0.05) is 11.3 Å². The van der Waals surface area contributed by atoms with Crippen LogP contribution in [0.15, 0.2) is 18.2 Å². The van der Waals surface area contributed by atoms with Gasteiger partial charge in [0.1, 0.15) is 11.9 Å². The number of rotatable bonds is 2. The first-order chi connectivity index (χ1) is 9.71. The lowest BCUT2D eigenvalue weighted by atomic mass is 10.1. The van der Waals surface area contributed by atoms with E-state index in [1.165, 1.54) is 11.8 Å². The Labute approximate surface area is 120 Å². The maximum atomic E-state index is 13.2. The molecule has 1 saturated heterocycles.